The Kier molecular flexibility index (Phi) is 2.28. The van der Waals surface area contributed by atoms with E-state index in [4.69, 9.17) is 4.74 Å². The Morgan fingerprint density at radius 1 is 1.69 bits per heavy atom. The number of hydrogen-bond donors (Lipinski definition) is 1. The van der Waals surface area contributed by atoms with Crippen LogP contribution in [0.2, 0.25) is 0 Å². The van der Waals surface area contributed by atoms with E-state index in [2.05, 4.69) is 10.3 Å². The van der Waals surface area contributed by atoms with Gasteiger partial charge in [-0.25, -0.2) is 4.68 Å². The van der Waals surface area contributed by atoms with Crippen LogP contribution in [0.1, 0.15) is 18.7 Å². The number of hydrogen-bond acceptors (Lipinski definition) is 4. The number of ether oxygens (including phenoxy) is 1. The Balaban J connectivity index is 2.15. The molecule has 0 aliphatic carbocycles. The minimum Gasteiger partial charge on any atom is -0.388 e. The highest BCUT2D eigenvalue weighted by Gasteiger charge is 2.28. The average Bonchev–Trinajstić information content (AvgIpc) is 2.71. The zero-order valence-electron chi connectivity index (χ0n) is 7.55. The summed E-state index contributed by atoms with van der Waals surface area (Å²) in [5.74, 6) is 0. The van der Waals surface area contributed by atoms with Crippen LogP contribution < -0.4 is 0 Å². The molecule has 1 aromatic rings. The van der Waals surface area contributed by atoms with E-state index in [9.17, 15) is 5.11 Å². The summed E-state index contributed by atoms with van der Waals surface area (Å²) in [4.78, 5) is 0. The van der Waals surface area contributed by atoms with Crippen molar-refractivity contribution in [2.24, 2.45) is 0 Å². The first kappa shape index (κ1) is 8.65. The maximum Gasteiger partial charge on any atom is 0.105 e. The minimum absolute atomic E-state index is 0.0622. The molecular formula is C8H13N3O2. The summed E-state index contributed by atoms with van der Waals surface area (Å²) >= 11 is 0. The second-order valence-electron chi connectivity index (χ2n) is 3.22. The van der Waals surface area contributed by atoms with E-state index in [1.165, 1.54) is 0 Å². The van der Waals surface area contributed by atoms with Gasteiger partial charge in [-0.2, -0.15) is 0 Å². The molecule has 5 heteroatoms. The van der Waals surface area contributed by atoms with Crippen molar-refractivity contribution < 1.29 is 9.84 Å². The van der Waals surface area contributed by atoms with Gasteiger partial charge in [0, 0.05) is 6.20 Å². The van der Waals surface area contributed by atoms with Gasteiger partial charge in [0.2, 0.25) is 0 Å². The van der Waals surface area contributed by atoms with Gasteiger partial charge in [0.05, 0.1) is 18.9 Å². The Bertz CT molecular complexity index is 287. The number of rotatable bonds is 2. The number of aromatic nitrogens is 3. The average molecular weight is 183 g/mol. The second kappa shape index (κ2) is 3.43. The van der Waals surface area contributed by atoms with Crippen LogP contribution in [0.25, 0.3) is 0 Å². The molecule has 72 valence electrons. The molecule has 0 spiro atoms. The molecule has 1 saturated heterocycles. The zero-order valence-corrected chi connectivity index (χ0v) is 7.55. The van der Waals surface area contributed by atoms with Crippen molar-refractivity contribution in [1.29, 1.82) is 0 Å². The Hall–Kier alpha value is -0.940. The maximum atomic E-state index is 9.51. The van der Waals surface area contributed by atoms with Gasteiger partial charge in [-0.15, -0.1) is 5.10 Å². The van der Waals surface area contributed by atoms with Gasteiger partial charge in [-0.05, 0) is 6.42 Å². The van der Waals surface area contributed by atoms with E-state index >= 15 is 0 Å². The Morgan fingerprint density at radius 2 is 2.54 bits per heavy atom. The number of aliphatic hydroxyl groups is 1. The van der Waals surface area contributed by atoms with Gasteiger partial charge in [-0.1, -0.05) is 12.1 Å². The van der Waals surface area contributed by atoms with Crippen molar-refractivity contribution in [2.45, 2.75) is 25.5 Å². The second-order valence-corrected chi connectivity index (χ2v) is 3.22. The number of aliphatic hydroxyl groups excluding tert-OH is 1. The molecule has 0 saturated carbocycles. The third-order valence-electron chi connectivity index (χ3n) is 2.28. The van der Waals surface area contributed by atoms with Crippen LogP contribution in [0.15, 0.2) is 6.20 Å². The van der Waals surface area contributed by atoms with Crippen LogP contribution >= 0.6 is 0 Å². The van der Waals surface area contributed by atoms with Crippen molar-refractivity contribution in [3.05, 3.63) is 11.9 Å². The van der Waals surface area contributed by atoms with Gasteiger partial charge < -0.3 is 9.84 Å². The summed E-state index contributed by atoms with van der Waals surface area (Å²) in [6.45, 7) is 2.94. The summed E-state index contributed by atoms with van der Waals surface area (Å²) in [5, 5.41) is 17.4. The van der Waals surface area contributed by atoms with Crippen LogP contribution in [0.3, 0.4) is 0 Å². The lowest BCUT2D eigenvalue weighted by molar-refractivity contribution is 0.117. The fourth-order valence-electron chi connectivity index (χ4n) is 1.42. The number of aryl methyl sites for hydroxylation is 1. The highest BCUT2D eigenvalue weighted by molar-refractivity contribution is 4.94. The maximum absolute atomic E-state index is 9.51. The van der Waals surface area contributed by atoms with Crippen LogP contribution in [-0.4, -0.2) is 39.4 Å². The highest BCUT2D eigenvalue weighted by Crippen LogP contribution is 2.18. The summed E-state index contributed by atoms with van der Waals surface area (Å²) in [6, 6.07) is -0.0622. The molecule has 0 bridgehead atoms. The molecular weight excluding hydrogens is 170 g/mol. The van der Waals surface area contributed by atoms with E-state index in [0.29, 0.717) is 13.2 Å². The lowest BCUT2D eigenvalue weighted by atomic mass is 10.2. The molecule has 5 nitrogen and oxygen atoms in total. The van der Waals surface area contributed by atoms with Crippen molar-refractivity contribution in [1.82, 2.24) is 15.0 Å². The van der Waals surface area contributed by atoms with Gasteiger partial charge in [0.15, 0.2) is 0 Å². The van der Waals surface area contributed by atoms with E-state index in [1.807, 2.05) is 13.1 Å². The van der Waals surface area contributed by atoms with E-state index in [-0.39, 0.29) is 6.04 Å². The lowest BCUT2D eigenvalue weighted by Crippen LogP contribution is -2.22. The van der Waals surface area contributed by atoms with Crippen LogP contribution in [0.4, 0.5) is 0 Å². The largest absolute Gasteiger partial charge is 0.388 e. The predicted molar refractivity (Wildman–Crippen MR) is 45.3 cm³/mol. The Morgan fingerprint density at radius 3 is 3.08 bits per heavy atom. The zero-order chi connectivity index (χ0) is 9.26. The molecule has 2 atom stereocenters. The van der Waals surface area contributed by atoms with Crippen molar-refractivity contribution in [3.63, 3.8) is 0 Å². The van der Waals surface area contributed by atoms with E-state index in [1.54, 1.807) is 4.68 Å². The molecule has 2 rings (SSSR count). The molecule has 1 aliphatic rings. The van der Waals surface area contributed by atoms with E-state index < -0.39 is 6.10 Å². The van der Waals surface area contributed by atoms with Gasteiger partial charge >= 0.3 is 0 Å². The first-order valence-corrected chi connectivity index (χ1v) is 4.47. The standard InChI is InChI=1S/C8H13N3O2/c1-2-6-3-11(10-9-6)7-4-13-5-8(7)12/h3,7-8,12H,2,4-5H2,1H3/t7-,8-/m1/s1. The first-order chi connectivity index (χ1) is 6.31. The third-order valence-corrected chi connectivity index (χ3v) is 2.28. The number of nitrogens with zero attached hydrogens (tertiary/aromatic N) is 3. The molecule has 1 N–H and O–H groups in total. The van der Waals surface area contributed by atoms with Crippen molar-refractivity contribution in [3.8, 4) is 0 Å². The van der Waals surface area contributed by atoms with Gasteiger partial charge in [-0.3, -0.25) is 0 Å². The summed E-state index contributed by atoms with van der Waals surface area (Å²) in [5.41, 5.74) is 0.944. The minimum atomic E-state index is -0.452. The Labute approximate surface area is 76.3 Å². The summed E-state index contributed by atoms with van der Waals surface area (Å²) in [6.07, 6.45) is 2.28. The highest BCUT2D eigenvalue weighted by atomic mass is 16.5. The molecule has 0 unspecified atom stereocenters. The summed E-state index contributed by atoms with van der Waals surface area (Å²) in [7, 11) is 0. The topological polar surface area (TPSA) is 60.2 Å². The van der Waals surface area contributed by atoms with Crippen molar-refractivity contribution >= 4 is 0 Å². The summed E-state index contributed by atoms with van der Waals surface area (Å²) < 4.78 is 6.82. The molecule has 1 fully saturated rings. The first-order valence-electron chi connectivity index (χ1n) is 4.47. The molecule has 2 heterocycles. The third kappa shape index (κ3) is 1.57. The molecule has 1 aliphatic heterocycles. The monoisotopic (exact) mass is 183 g/mol. The molecule has 0 aromatic carbocycles. The fraction of sp³-hybridized carbons (Fsp3) is 0.750. The van der Waals surface area contributed by atoms with Crippen LogP contribution in [-0.2, 0) is 11.2 Å². The van der Waals surface area contributed by atoms with Crippen LogP contribution in [0.5, 0.6) is 0 Å². The lowest BCUT2D eigenvalue weighted by Gasteiger charge is -2.10. The fourth-order valence-corrected chi connectivity index (χ4v) is 1.42. The molecule has 0 amide bonds. The van der Waals surface area contributed by atoms with Gasteiger partial charge in [0.25, 0.3) is 0 Å². The van der Waals surface area contributed by atoms with Crippen molar-refractivity contribution in [2.75, 3.05) is 13.2 Å². The smallest absolute Gasteiger partial charge is 0.105 e. The normalized spacial score (nSPS) is 28.2. The predicted octanol–water partition coefficient (Wildman–Crippen LogP) is -0.227. The SMILES string of the molecule is CCc1cn([C@@H]2COC[C@H]2O)nn1. The molecule has 0 radical (unpaired) electrons. The molecule has 1 aromatic heterocycles. The van der Waals surface area contributed by atoms with Crippen LogP contribution in [0, 0.1) is 0 Å². The molecule has 13 heavy (non-hydrogen) atoms. The quantitative estimate of drug-likeness (QED) is 0.688. The van der Waals surface area contributed by atoms with Gasteiger partial charge in [0.1, 0.15) is 12.1 Å². The van der Waals surface area contributed by atoms with E-state index in [0.717, 1.165) is 12.1 Å².